The Labute approximate surface area is 158 Å². The highest BCUT2D eigenvalue weighted by Gasteiger charge is 2.28. The summed E-state index contributed by atoms with van der Waals surface area (Å²) >= 11 is 1.59. The van der Waals surface area contributed by atoms with E-state index in [2.05, 4.69) is 24.1 Å². The Balaban J connectivity index is 1.40. The van der Waals surface area contributed by atoms with Crippen LogP contribution < -0.4 is 5.32 Å². The number of rotatable bonds is 6. The monoisotopic (exact) mass is 374 g/mol. The van der Waals surface area contributed by atoms with Gasteiger partial charge in [-0.1, -0.05) is 38.8 Å². The second kappa shape index (κ2) is 8.62. The summed E-state index contributed by atoms with van der Waals surface area (Å²) in [6.45, 7) is 4.21. The molecule has 6 heteroatoms. The number of carbonyl (C=O) groups is 2. The lowest BCUT2D eigenvalue weighted by molar-refractivity contribution is -0.148. The van der Waals surface area contributed by atoms with E-state index in [-0.39, 0.29) is 30.9 Å². The highest BCUT2D eigenvalue weighted by molar-refractivity contribution is 7.18. The summed E-state index contributed by atoms with van der Waals surface area (Å²) in [6.07, 6.45) is 4.14. The van der Waals surface area contributed by atoms with E-state index in [0.717, 1.165) is 28.1 Å². The highest BCUT2D eigenvalue weighted by Crippen LogP contribution is 2.29. The van der Waals surface area contributed by atoms with Crippen LogP contribution in [0.4, 0.5) is 0 Å². The number of hydrogen-bond donors (Lipinski definition) is 1. The van der Waals surface area contributed by atoms with Crippen LogP contribution >= 0.6 is 11.3 Å². The Morgan fingerprint density at radius 2 is 2.08 bits per heavy atom. The molecule has 0 radical (unpaired) electrons. The maximum absolute atomic E-state index is 12.1. The molecule has 1 fully saturated rings. The maximum Gasteiger partial charge on any atom is 0.306 e. The summed E-state index contributed by atoms with van der Waals surface area (Å²) in [5.74, 6) is 0.515. The molecule has 3 atom stereocenters. The van der Waals surface area contributed by atoms with Gasteiger partial charge in [0.25, 0.3) is 5.91 Å². The minimum Gasteiger partial charge on any atom is -0.456 e. The van der Waals surface area contributed by atoms with Crippen molar-refractivity contribution in [2.75, 3.05) is 6.61 Å². The Morgan fingerprint density at radius 3 is 2.88 bits per heavy atom. The van der Waals surface area contributed by atoms with E-state index in [1.165, 1.54) is 6.42 Å². The fourth-order valence-electron chi connectivity index (χ4n) is 3.49. The first-order chi connectivity index (χ1) is 12.5. The third kappa shape index (κ3) is 4.81. The van der Waals surface area contributed by atoms with Gasteiger partial charge in [0.2, 0.25) is 0 Å². The Kier molecular flexibility index (Phi) is 6.25. The van der Waals surface area contributed by atoms with E-state index < -0.39 is 0 Å². The molecule has 0 spiro atoms. The van der Waals surface area contributed by atoms with E-state index in [1.54, 1.807) is 11.3 Å². The van der Waals surface area contributed by atoms with E-state index in [0.29, 0.717) is 18.3 Å². The lowest BCUT2D eigenvalue weighted by Gasteiger charge is -2.34. The molecule has 0 saturated heterocycles. The molecular formula is C20H26N2O3S. The molecule has 1 aromatic carbocycles. The van der Waals surface area contributed by atoms with Gasteiger partial charge in [-0.3, -0.25) is 9.59 Å². The fourth-order valence-corrected chi connectivity index (χ4v) is 4.46. The van der Waals surface area contributed by atoms with Crippen LogP contribution in [0.25, 0.3) is 10.2 Å². The number of ether oxygens (including phenoxy) is 1. The number of amides is 1. The Bertz CT molecular complexity index is 740. The molecule has 1 amide bonds. The van der Waals surface area contributed by atoms with Crippen LogP contribution in [-0.2, 0) is 20.7 Å². The number of esters is 1. The number of carbonyl (C=O) groups excluding carboxylic acids is 2. The average molecular weight is 375 g/mol. The number of benzene rings is 1. The maximum atomic E-state index is 12.1. The normalized spacial score (nSPS) is 22.9. The topological polar surface area (TPSA) is 68.3 Å². The molecule has 26 heavy (non-hydrogen) atoms. The predicted molar refractivity (Wildman–Crippen MR) is 103 cm³/mol. The average Bonchev–Trinajstić information content (AvgIpc) is 3.05. The van der Waals surface area contributed by atoms with Gasteiger partial charge in [-0.15, -0.1) is 11.3 Å². The van der Waals surface area contributed by atoms with Crippen molar-refractivity contribution in [2.45, 2.75) is 52.0 Å². The molecule has 1 aliphatic rings. The zero-order chi connectivity index (χ0) is 18.5. The number of fused-ring (bicyclic) bond motifs is 1. The molecule has 2 aromatic rings. The summed E-state index contributed by atoms with van der Waals surface area (Å²) in [6, 6.07) is 8.10. The summed E-state index contributed by atoms with van der Waals surface area (Å²) in [5, 5.41) is 3.93. The minimum absolute atomic E-state index is 0.188. The first kappa shape index (κ1) is 18.8. The number of para-hydroxylation sites is 1. The van der Waals surface area contributed by atoms with Crippen molar-refractivity contribution in [3.05, 3.63) is 29.3 Å². The SMILES string of the molecule is C[C@H]1[C@H](C)CCC[C@@H]1NC(=O)COC(=O)CCc1nc2ccccc2s1. The van der Waals surface area contributed by atoms with Gasteiger partial charge < -0.3 is 10.1 Å². The van der Waals surface area contributed by atoms with Crippen LogP contribution in [0.15, 0.2) is 24.3 Å². The van der Waals surface area contributed by atoms with Crippen molar-refractivity contribution in [3.8, 4) is 0 Å². The molecule has 1 aliphatic carbocycles. The molecule has 1 saturated carbocycles. The summed E-state index contributed by atoms with van der Waals surface area (Å²) in [4.78, 5) is 28.5. The first-order valence-corrected chi connectivity index (χ1v) is 10.1. The fraction of sp³-hybridized carbons (Fsp3) is 0.550. The molecule has 0 unspecified atom stereocenters. The van der Waals surface area contributed by atoms with E-state index in [1.807, 2.05) is 24.3 Å². The second-order valence-electron chi connectivity index (χ2n) is 7.18. The Morgan fingerprint density at radius 1 is 1.27 bits per heavy atom. The lowest BCUT2D eigenvalue weighted by atomic mass is 9.78. The van der Waals surface area contributed by atoms with Gasteiger partial charge in [0.15, 0.2) is 6.61 Å². The minimum atomic E-state index is -0.357. The van der Waals surface area contributed by atoms with Crippen LogP contribution in [0.1, 0.15) is 44.5 Å². The van der Waals surface area contributed by atoms with E-state index >= 15 is 0 Å². The zero-order valence-electron chi connectivity index (χ0n) is 15.4. The number of aromatic nitrogens is 1. The molecular weight excluding hydrogens is 348 g/mol. The molecule has 5 nitrogen and oxygen atoms in total. The molecule has 140 valence electrons. The van der Waals surface area contributed by atoms with Crippen LogP contribution in [0.3, 0.4) is 0 Å². The molecule has 1 heterocycles. The number of nitrogens with one attached hydrogen (secondary N) is 1. The third-order valence-corrected chi connectivity index (χ3v) is 6.39. The number of nitrogens with zero attached hydrogens (tertiary/aromatic N) is 1. The van der Waals surface area contributed by atoms with Crippen molar-refractivity contribution in [2.24, 2.45) is 11.8 Å². The molecule has 1 N–H and O–H groups in total. The van der Waals surface area contributed by atoms with Gasteiger partial charge in [0.1, 0.15) is 0 Å². The lowest BCUT2D eigenvalue weighted by Crippen LogP contribution is -2.45. The molecule has 1 aromatic heterocycles. The van der Waals surface area contributed by atoms with E-state index in [9.17, 15) is 9.59 Å². The second-order valence-corrected chi connectivity index (χ2v) is 8.29. The van der Waals surface area contributed by atoms with Gasteiger partial charge in [0.05, 0.1) is 21.6 Å². The first-order valence-electron chi connectivity index (χ1n) is 9.32. The van der Waals surface area contributed by atoms with Crippen LogP contribution in [0, 0.1) is 11.8 Å². The van der Waals surface area contributed by atoms with Crippen LogP contribution in [-0.4, -0.2) is 29.5 Å². The summed E-state index contributed by atoms with van der Waals surface area (Å²) in [7, 11) is 0. The number of hydrogen-bond acceptors (Lipinski definition) is 5. The van der Waals surface area contributed by atoms with Gasteiger partial charge in [0, 0.05) is 12.5 Å². The van der Waals surface area contributed by atoms with Crippen molar-refractivity contribution in [3.63, 3.8) is 0 Å². The van der Waals surface area contributed by atoms with Gasteiger partial charge in [-0.2, -0.15) is 0 Å². The van der Waals surface area contributed by atoms with Gasteiger partial charge >= 0.3 is 5.97 Å². The predicted octanol–water partition coefficient (Wildman–Crippen LogP) is 3.71. The molecule has 3 rings (SSSR count). The van der Waals surface area contributed by atoms with Crippen molar-refractivity contribution < 1.29 is 14.3 Å². The summed E-state index contributed by atoms with van der Waals surface area (Å²) < 4.78 is 6.25. The highest BCUT2D eigenvalue weighted by atomic mass is 32.1. The van der Waals surface area contributed by atoms with Crippen molar-refractivity contribution in [1.82, 2.24) is 10.3 Å². The van der Waals surface area contributed by atoms with Gasteiger partial charge in [-0.25, -0.2) is 4.98 Å². The Hall–Kier alpha value is -1.95. The van der Waals surface area contributed by atoms with Crippen LogP contribution in [0.5, 0.6) is 0 Å². The van der Waals surface area contributed by atoms with Crippen LogP contribution in [0.2, 0.25) is 0 Å². The third-order valence-electron chi connectivity index (χ3n) is 5.30. The molecule has 0 bridgehead atoms. The number of thiazole rings is 1. The standard InChI is InChI=1S/C20H26N2O3S/c1-13-6-5-8-15(14(13)2)21-18(23)12-25-20(24)11-10-19-22-16-7-3-4-9-17(16)26-19/h3-4,7,9,13-15H,5-6,8,10-12H2,1-2H3,(H,21,23)/t13-,14+,15+/m1/s1. The number of aryl methyl sites for hydroxylation is 1. The quantitative estimate of drug-likeness (QED) is 0.783. The van der Waals surface area contributed by atoms with Crippen molar-refractivity contribution in [1.29, 1.82) is 0 Å². The molecule has 0 aliphatic heterocycles. The van der Waals surface area contributed by atoms with Crippen molar-refractivity contribution >= 4 is 33.4 Å². The summed E-state index contributed by atoms with van der Waals surface area (Å²) in [5.41, 5.74) is 0.955. The van der Waals surface area contributed by atoms with Gasteiger partial charge in [-0.05, 0) is 30.4 Å². The largest absolute Gasteiger partial charge is 0.456 e. The van der Waals surface area contributed by atoms with E-state index in [4.69, 9.17) is 4.74 Å². The zero-order valence-corrected chi connectivity index (χ0v) is 16.2. The smallest absolute Gasteiger partial charge is 0.306 e.